The Bertz CT molecular complexity index is 1480. The van der Waals surface area contributed by atoms with Crippen molar-refractivity contribution in [1.82, 2.24) is 10.3 Å². The van der Waals surface area contributed by atoms with E-state index in [-0.39, 0.29) is 31.4 Å². The molecular weight excluding hydrogens is 642 g/mol. The van der Waals surface area contributed by atoms with Crippen LogP contribution < -0.4 is 10.2 Å². The number of fused-ring (bicyclic) bond motifs is 1. The molecule has 1 aliphatic rings. The van der Waals surface area contributed by atoms with E-state index in [1.54, 1.807) is 6.92 Å². The number of aromatic nitrogens is 1. The molecule has 2 aromatic carbocycles. The van der Waals surface area contributed by atoms with Crippen LogP contribution in [-0.2, 0) is 15.7 Å². The largest absolute Gasteiger partial charge is 0.431 e. The lowest BCUT2D eigenvalue weighted by Crippen LogP contribution is -2.36. The van der Waals surface area contributed by atoms with Crippen LogP contribution in [0, 0.1) is 12.8 Å². The minimum atomic E-state index is -4.64. The number of esters is 1. The molecule has 1 saturated heterocycles. The fraction of sp³-hybridized carbons (Fsp3) is 0.485. The first-order chi connectivity index (χ1) is 20.9. The number of piperidine rings is 1. The van der Waals surface area contributed by atoms with Crippen molar-refractivity contribution in [2.75, 3.05) is 24.5 Å². The first kappa shape index (κ1) is 33.7. The Kier molecular flexibility index (Phi) is 11.3. The molecule has 6 nitrogen and oxygen atoms in total. The second-order valence-electron chi connectivity index (χ2n) is 11.5. The molecule has 3 atom stereocenters. The summed E-state index contributed by atoms with van der Waals surface area (Å²) in [7, 11) is 0. The number of amides is 1. The Morgan fingerprint density at radius 3 is 2.64 bits per heavy atom. The highest BCUT2D eigenvalue weighted by atomic mass is 79.9. The maximum atomic E-state index is 14.0. The van der Waals surface area contributed by atoms with Crippen molar-refractivity contribution >= 4 is 44.5 Å². The molecular formula is C33H38BrF4N3O3. The molecule has 238 valence electrons. The van der Waals surface area contributed by atoms with E-state index < -0.39 is 35.9 Å². The summed E-state index contributed by atoms with van der Waals surface area (Å²) in [4.78, 5) is 33.4. The van der Waals surface area contributed by atoms with Crippen molar-refractivity contribution in [3.05, 3.63) is 69.2 Å². The number of hydrogen-bond acceptors (Lipinski definition) is 5. The van der Waals surface area contributed by atoms with Gasteiger partial charge in [-0.25, -0.2) is 9.37 Å². The van der Waals surface area contributed by atoms with Crippen LogP contribution in [0.15, 0.2) is 46.9 Å². The first-order valence-corrected chi connectivity index (χ1v) is 15.8. The summed E-state index contributed by atoms with van der Waals surface area (Å²) >= 11 is 3.48. The summed E-state index contributed by atoms with van der Waals surface area (Å²) in [5.74, 6) is -1.00. The van der Waals surface area contributed by atoms with Gasteiger partial charge in [-0.15, -0.1) is 0 Å². The third kappa shape index (κ3) is 8.28. The average molecular weight is 681 g/mol. The molecule has 11 heteroatoms. The van der Waals surface area contributed by atoms with Crippen LogP contribution in [0.5, 0.6) is 0 Å². The molecule has 0 aliphatic carbocycles. The molecule has 0 spiro atoms. The maximum absolute atomic E-state index is 14.0. The number of benzene rings is 2. The van der Waals surface area contributed by atoms with E-state index in [4.69, 9.17) is 9.72 Å². The summed E-state index contributed by atoms with van der Waals surface area (Å²) < 4.78 is 61.4. The van der Waals surface area contributed by atoms with E-state index >= 15 is 0 Å². The fourth-order valence-corrected chi connectivity index (χ4v) is 6.22. The zero-order valence-corrected chi connectivity index (χ0v) is 26.7. The van der Waals surface area contributed by atoms with Gasteiger partial charge in [0.1, 0.15) is 5.82 Å². The van der Waals surface area contributed by atoms with Crippen LogP contribution in [-0.4, -0.2) is 42.9 Å². The van der Waals surface area contributed by atoms with Gasteiger partial charge in [-0.2, -0.15) is 13.2 Å². The number of carbonyl (C=O) groups excluding carboxylic acids is 2. The van der Waals surface area contributed by atoms with Gasteiger partial charge in [-0.3, -0.25) is 9.59 Å². The van der Waals surface area contributed by atoms with Gasteiger partial charge in [0.05, 0.1) is 16.6 Å². The number of halogens is 5. The zero-order valence-electron chi connectivity index (χ0n) is 25.1. The van der Waals surface area contributed by atoms with Crippen LogP contribution in [0.2, 0.25) is 0 Å². The van der Waals surface area contributed by atoms with Crippen LogP contribution in [0.1, 0.15) is 85.3 Å². The molecule has 44 heavy (non-hydrogen) atoms. The van der Waals surface area contributed by atoms with E-state index in [9.17, 15) is 27.2 Å². The highest BCUT2D eigenvalue weighted by Crippen LogP contribution is 2.37. The molecule has 3 unspecified atom stereocenters. The molecule has 1 N–H and O–H groups in total. The summed E-state index contributed by atoms with van der Waals surface area (Å²) in [5.41, 5.74) is 0.805. The molecule has 0 saturated carbocycles. The number of hydrogen-bond donors (Lipinski definition) is 1. The minimum absolute atomic E-state index is 0.0375. The molecule has 1 aromatic heterocycles. The molecule has 0 bridgehead atoms. The molecule has 1 aliphatic heterocycles. The number of anilines is 1. The van der Waals surface area contributed by atoms with Gasteiger partial charge in [0.25, 0.3) is 5.91 Å². The van der Waals surface area contributed by atoms with Crippen molar-refractivity contribution in [2.24, 2.45) is 5.92 Å². The smallest absolute Gasteiger partial charge is 0.416 e. The highest BCUT2D eigenvalue weighted by Gasteiger charge is 2.35. The lowest BCUT2D eigenvalue weighted by molar-refractivity contribution is -0.158. The van der Waals surface area contributed by atoms with E-state index in [2.05, 4.69) is 33.1 Å². The van der Waals surface area contributed by atoms with Gasteiger partial charge in [-0.05, 0) is 68.4 Å². The quantitative estimate of drug-likeness (QED) is 0.163. The van der Waals surface area contributed by atoms with Gasteiger partial charge >= 0.3 is 12.1 Å². The topological polar surface area (TPSA) is 71.5 Å². The number of alkyl halides is 4. The SMILES string of the molecule is CCCC(F)OC(=O)CCC(CNC(=O)c1c(C)c(N2CCCC(C)C2)nc2ccc(Br)cc12)c1ccccc1C(F)(F)F. The molecule has 1 fully saturated rings. The molecule has 1 amide bonds. The van der Waals surface area contributed by atoms with Gasteiger partial charge in [0.15, 0.2) is 0 Å². The predicted molar refractivity (Wildman–Crippen MR) is 166 cm³/mol. The van der Waals surface area contributed by atoms with Gasteiger partial charge in [-0.1, -0.05) is 48.0 Å². The number of carbonyl (C=O) groups is 2. The number of nitrogens with zero attached hydrogens (tertiary/aromatic N) is 2. The van der Waals surface area contributed by atoms with Crippen LogP contribution in [0.4, 0.5) is 23.4 Å². The summed E-state index contributed by atoms with van der Waals surface area (Å²) in [6.45, 7) is 7.20. The standard InChI is InChI=1S/C33H38BrF4N3O3/c1-4-8-28(35)44-29(42)15-12-22(24-10-5-6-11-26(24)33(36,37)38)18-39-32(43)30-21(3)31(41-16-7-9-20(2)19-41)40-27-14-13-23(34)17-25(27)30/h5-6,10-11,13-14,17,20,22,28H,4,7-9,12,15-16,18-19H2,1-3H3,(H,39,43). The maximum Gasteiger partial charge on any atom is 0.416 e. The Labute approximate surface area is 263 Å². The highest BCUT2D eigenvalue weighted by molar-refractivity contribution is 9.10. The van der Waals surface area contributed by atoms with Crippen LogP contribution in [0.25, 0.3) is 10.9 Å². The fourth-order valence-electron chi connectivity index (χ4n) is 5.86. The van der Waals surface area contributed by atoms with E-state index in [0.29, 0.717) is 40.2 Å². The zero-order chi connectivity index (χ0) is 32.0. The van der Waals surface area contributed by atoms with Crippen molar-refractivity contribution in [3.63, 3.8) is 0 Å². The van der Waals surface area contributed by atoms with Gasteiger partial charge < -0.3 is 15.0 Å². The Morgan fingerprint density at radius 1 is 1.18 bits per heavy atom. The van der Waals surface area contributed by atoms with Gasteiger partial charge in [0, 0.05) is 53.8 Å². The lowest BCUT2D eigenvalue weighted by Gasteiger charge is -2.33. The van der Waals surface area contributed by atoms with Crippen molar-refractivity contribution in [2.45, 2.75) is 77.7 Å². The van der Waals surface area contributed by atoms with E-state index in [1.165, 1.54) is 18.2 Å². The minimum Gasteiger partial charge on any atom is -0.431 e. The molecule has 0 radical (unpaired) electrons. The number of rotatable bonds is 11. The Hall–Kier alpha value is -3.21. The van der Waals surface area contributed by atoms with E-state index in [1.807, 2.05) is 25.1 Å². The third-order valence-electron chi connectivity index (χ3n) is 8.04. The van der Waals surface area contributed by atoms with E-state index in [0.717, 1.165) is 36.5 Å². The summed E-state index contributed by atoms with van der Waals surface area (Å²) in [6, 6.07) is 10.6. The molecule has 3 aromatic rings. The number of ether oxygens (including phenoxy) is 1. The van der Waals surface area contributed by atoms with Crippen molar-refractivity contribution < 1.29 is 31.9 Å². The third-order valence-corrected chi connectivity index (χ3v) is 8.53. The van der Waals surface area contributed by atoms with Crippen LogP contribution >= 0.6 is 15.9 Å². The van der Waals surface area contributed by atoms with Crippen molar-refractivity contribution in [1.29, 1.82) is 0 Å². The monoisotopic (exact) mass is 679 g/mol. The second kappa shape index (κ2) is 14.7. The average Bonchev–Trinajstić information content (AvgIpc) is 2.96. The summed E-state index contributed by atoms with van der Waals surface area (Å²) in [5, 5.41) is 3.47. The molecule has 2 heterocycles. The molecule has 4 rings (SSSR count). The summed E-state index contributed by atoms with van der Waals surface area (Å²) in [6.07, 6.45) is -4.17. The predicted octanol–water partition coefficient (Wildman–Crippen LogP) is 8.49. The number of nitrogens with one attached hydrogen (secondary N) is 1. The van der Waals surface area contributed by atoms with Crippen molar-refractivity contribution in [3.8, 4) is 0 Å². The normalized spacial score (nSPS) is 16.9. The first-order valence-electron chi connectivity index (χ1n) is 15.0. The van der Waals surface area contributed by atoms with Crippen LogP contribution in [0.3, 0.4) is 0 Å². The second-order valence-corrected chi connectivity index (χ2v) is 12.4. The van der Waals surface area contributed by atoms with Gasteiger partial charge in [0.2, 0.25) is 6.36 Å². The lowest BCUT2D eigenvalue weighted by atomic mass is 9.89. The Balaban J connectivity index is 1.65. The number of pyridine rings is 1. The Morgan fingerprint density at radius 2 is 1.93 bits per heavy atom.